The molecule has 2 aliphatic rings. The van der Waals surface area contributed by atoms with Crippen molar-refractivity contribution in [2.75, 3.05) is 6.54 Å². The number of hydrogen-bond donors (Lipinski definition) is 2. The Bertz CT molecular complexity index is 704. The Labute approximate surface area is 156 Å². The summed E-state index contributed by atoms with van der Waals surface area (Å²) in [6.45, 7) is 5.97. The average Bonchev–Trinajstić information content (AvgIpc) is 2.64. The summed E-state index contributed by atoms with van der Waals surface area (Å²) < 4.78 is 0. The Balaban J connectivity index is 2.17. The lowest BCUT2D eigenvalue weighted by Gasteiger charge is -2.39. The van der Waals surface area contributed by atoms with Crippen molar-refractivity contribution in [2.24, 2.45) is 5.92 Å². The monoisotopic (exact) mass is 357 g/mol. The Morgan fingerprint density at radius 1 is 1.12 bits per heavy atom. The number of hydrogen-bond acceptors (Lipinski definition) is 3. The van der Waals surface area contributed by atoms with E-state index in [0.717, 1.165) is 29.5 Å². The molecule has 1 amide bonds. The first kappa shape index (κ1) is 18.9. The number of carbonyl (C=O) groups is 2. The lowest BCUT2D eigenvalue weighted by molar-refractivity contribution is -0.118. The van der Waals surface area contributed by atoms with E-state index in [0.29, 0.717) is 23.9 Å². The Hall–Kier alpha value is -1.84. The fourth-order valence-electron chi connectivity index (χ4n) is 5.15. The molecule has 1 saturated carbocycles. The number of fused-ring (bicyclic) bond motifs is 1. The van der Waals surface area contributed by atoms with Crippen LogP contribution in [0.1, 0.15) is 97.7 Å². The van der Waals surface area contributed by atoms with Gasteiger partial charge in [0.25, 0.3) is 5.91 Å². The number of rotatable bonds is 4. The van der Waals surface area contributed by atoms with Gasteiger partial charge >= 0.3 is 0 Å². The van der Waals surface area contributed by atoms with E-state index in [4.69, 9.17) is 0 Å². The minimum absolute atomic E-state index is 0.115. The second-order valence-electron chi connectivity index (χ2n) is 8.00. The van der Waals surface area contributed by atoms with Crippen LogP contribution in [-0.4, -0.2) is 23.3 Å². The number of ketones is 1. The molecule has 1 fully saturated rings. The van der Waals surface area contributed by atoms with E-state index in [9.17, 15) is 14.7 Å². The van der Waals surface area contributed by atoms with Crippen LogP contribution in [0, 0.1) is 12.8 Å². The molecule has 2 unspecified atom stereocenters. The van der Waals surface area contributed by atoms with Crippen molar-refractivity contribution in [3.63, 3.8) is 0 Å². The average molecular weight is 357 g/mol. The van der Waals surface area contributed by atoms with Crippen LogP contribution in [0.5, 0.6) is 5.75 Å². The number of phenolic OH excluding ortho intramolecular Hbond substituents is 1. The minimum Gasteiger partial charge on any atom is -0.508 e. The molecule has 0 bridgehead atoms. The van der Waals surface area contributed by atoms with E-state index in [1.54, 1.807) is 13.0 Å². The summed E-state index contributed by atoms with van der Waals surface area (Å²) >= 11 is 0. The molecule has 4 nitrogen and oxygen atoms in total. The van der Waals surface area contributed by atoms with Crippen molar-refractivity contribution in [3.8, 4) is 5.75 Å². The number of phenols is 1. The quantitative estimate of drug-likeness (QED) is 0.829. The first-order valence-electron chi connectivity index (χ1n) is 10.1. The van der Waals surface area contributed by atoms with E-state index in [1.165, 1.54) is 32.1 Å². The van der Waals surface area contributed by atoms with Crippen molar-refractivity contribution >= 4 is 11.7 Å². The van der Waals surface area contributed by atoms with Crippen molar-refractivity contribution in [3.05, 3.63) is 28.3 Å². The normalized spacial score (nSPS) is 23.3. The van der Waals surface area contributed by atoms with Crippen LogP contribution in [0.2, 0.25) is 0 Å². The molecule has 0 spiro atoms. The lowest BCUT2D eigenvalue weighted by atomic mass is 9.65. The van der Waals surface area contributed by atoms with Gasteiger partial charge in [0.05, 0.1) is 0 Å². The molecule has 4 heteroatoms. The van der Waals surface area contributed by atoms with Gasteiger partial charge < -0.3 is 10.4 Å². The first-order chi connectivity index (χ1) is 12.5. The van der Waals surface area contributed by atoms with Crippen LogP contribution in [0.4, 0.5) is 0 Å². The minimum atomic E-state index is -0.234. The summed E-state index contributed by atoms with van der Waals surface area (Å²) in [6.07, 6.45) is 8.01. The molecule has 142 valence electrons. The van der Waals surface area contributed by atoms with Crippen LogP contribution < -0.4 is 5.32 Å². The number of carbonyl (C=O) groups excluding carboxylic acids is 2. The Morgan fingerprint density at radius 3 is 2.42 bits per heavy atom. The van der Waals surface area contributed by atoms with Gasteiger partial charge in [-0.05, 0) is 81.0 Å². The molecule has 0 radical (unpaired) electrons. The fraction of sp³-hybridized carbons (Fsp3) is 0.636. The Kier molecular flexibility index (Phi) is 5.69. The molecule has 2 aliphatic carbocycles. The van der Waals surface area contributed by atoms with E-state index in [2.05, 4.69) is 5.32 Å². The highest BCUT2D eigenvalue weighted by Crippen LogP contribution is 2.50. The summed E-state index contributed by atoms with van der Waals surface area (Å²) in [4.78, 5) is 25.1. The van der Waals surface area contributed by atoms with Crippen LogP contribution in [-0.2, 0) is 4.79 Å². The highest BCUT2D eigenvalue weighted by Gasteiger charge is 2.38. The van der Waals surface area contributed by atoms with Crippen molar-refractivity contribution in [1.29, 1.82) is 0 Å². The molecule has 2 atom stereocenters. The SMILES string of the molecule is CCNC(=O)c1cc(O)c(C)c2c1C(C(C)=O)CCC2C1CCCCC1. The molecule has 1 aromatic carbocycles. The molecule has 0 heterocycles. The van der Waals surface area contributed by atoms with Gasteiger partial charge in [-0.25, -0.2) is 0 Å². The molecule has 26 heavy (non-hydrogen) atoms. The second-order valence-corrected chi connectivity index (χ2v) is 8.00. The van der Waals surface area contributed by atoms with Gasteiger partial charge in [-0.1, -0.05) is 19.3 Å². The summed E-state index contributed by atoms with van der Waals surface area (Å²) in [7, 11) is 0. The summed E-state index contributed by atoms with van der Waals surface area (Å²) in [5.41, 5.74) is 3.32. The maximum atomic E-state index is 12.7. The lowest BCUT2D eigenvalue weighted by Crippen LogP contribution is -2.31. The van der Waals surface area contributed by atoms with Crippen molar-refractivity contribution in [2.45, 2.75) is 77.6 Å². The van der Waals surface area contributed by atoms with E-state index in [-0.39, 0.29) is 23.4 Å². The zero-order valence-electron chi connectivity index (χ0n) is 16.2. The molecular formula is C22H31NO3. The van der Waals surface area contributed by atoms with Gasteiger partial charge in [-0.2, -0.15) is 0 Å². The fourth-order valence-corrected chi connectivity index (χ4v) is 5.15. The highest BCUT2D eigenvalue weighted by molar-refractivity contribution is 5.99. The van der Waals surface area contributed by atoms with E-state index < -0.39 is 0 Å². The number of nitrogens with one attached hydrogen (secondary N) is 1. The molecule has 0 saturated heterocycles. The van der Waals surface area contributed by atoms with Gasteiger partial charge in [0.2, 0.25) is 0 Å². The summed E-state index contributed by atoms with van der Waals surface area (Å²) in [5.74, 6) is 0.814. The van der Waals surface area contributed by atoms with E-state index in [1.807, 2.05) is 13.8 Å². The zero-order chi connectivity index (χ0) is 18.8. The van der Waals surface area contributed by atoms with Gasteiger partial charge in [-0.15, -0.1) is 0 Å². The third kappa shape index (κ3) is 3.38. The molecule has 0 aromatic heterocycles. The van der Waals surface area contributed by atoms with Crippen LogP contribution in [0.25, 0.3) is 0 Å². The Morgan fingerprint density at radius 2 is 1.81 bits per heavy atom. The van der Waals surface area contributed by atoms with Gasteiger partial charge in [0.1, 0.15) is 11.5 Å². The first-order valence-corrected chi connectivity index (χ1v) is 10.1. The largest absolute Gasteiger partial charge is 0.508 e. The van der Waals surface area contributed by atoms with Gasteiger partial charge in [-0.3, -0.25) is 9.59 Å². The number of benzene rings is 1. The number of aromatic hydroxyl groups is 1. The van der Waals surface area contributed by atoms with Crippen molar-refractivity contribution in [1.82, 2.24) is 5.32 Å². The highest BCUT2D eigenvalue weighted by atomic mass is 16.3. The molecule has 3 rings (SSSR count). The second kappa shape index (κ2) is 7.81. The van der Waals surface area contributed by atoms with Crippen LogP contribution >= 0.6 is 0 Å². The number of amides is 1. The van der Waals surface area contributed by atoms with E-state index >= 15 is 0 Å². The molecular weight excluding hydrogens is 326 g/mol. The number of Topliss-reactive ketones (excluding diaryl/α,β-unsaturated/α-hetero) is 1. The standard InChI is InChI=1S/C22H31NO3/c1-4-23-22(26)18-12-19(25)13(2)20-17(15-8-6-5-7-9-15)11-10-16(14(3)24)21(18)20/h12,15-17,25H,4-11H2,1-3H3,(H,23,26). The third-order valence-corrected chi connectivity index (χ3v) is 6.43. The smallest absolute Gasteiger partial charge is 0.251 e. The zero-order valence-corrected chi connectivity index (χ0v) is 16.2. The van der Waals surface area contributed by atoms with Gasteiger partial charge in [0.15, 0.2) is 0 Å². The van der Waals surface area contributed by atoms with Crippen LogP contribution in [0.15, 0.2) is 6.07 Å². The van der Waals surface area contributed by atoms with Crippen molar-refractivity contribution < 1.29 is 14.7 Å². The molecule has 1 aromatic rings. The topological polar surface area (TPSA) is 66.4 Å². The molecule has 2 N–H and O–H groups in total. The predicted molar refractivity (Wildman–Crippen MR) is 103 cm³/mol. The van der Waals surface area contributed by atoms with Gasteiger partial charge in [0, 0.05) is 18.0 Å². The summed E-state index contributed by atoms with van der Waals surface area (Å²) in [6, 6.07) is 1.57. The maximum absolute atomic E-state index is 12.7. The van der Waals surface area contributed by atoms with Crippen LogP contribution in [0.3, 0.4) is 0 Å². The molecule has 0 aliphatic heterocycles. The predicted octanol–water partition coefficient (Wildman–Crippen LogP) is 4.58. The summed E-state index contributed by atoms with van der Waals surface area (Å²) in [5, 5.41) is 13.4. The maximum Gasteiger partial charge on any atom is 0.251 e. The third-order valence-electron chi connectivity index (χ3n) is 6.43.